The molecule has 0 saturated carbocycles. The molecule has 1 spiro atoms. The van der Waals surface area contributed by atoms with Crippen LogP contribution in [0.2, 0.25) is 0 Å². The molecule has 0 aliphatic carbocycles. The molecule has 1 unspecified atom stereocenters. The van der Waals surface area contributed by atoms with Gasteiger partial charge in [0.1, 0.15) is 11.4 Å². The lowest BCUT2D eigenvalue weighted by atomic mass is 9.81. The first-order valence-corrected chi connectivity index (χ1v) is 8.34. The van der Waals surface area contributed by atoms with Crippen LogP contribution in [0.25, 0.3) is 10.8 Å². The zero-order chi connectivity index (χ0) is 15.0. The van der Waals surface area contributed by atoms with E-state index in [0.29, 0.717) is 0 Å². The zero-order valence-corrected chi connectivity index (χ0v) is 13.1. The van der Waals surface area contributed by atoms with Crippen molar-refractivity contribution in [2.75, 3.05) is 19.7 Å². The highest BCUT2D eigenvalue weighted by atomic mass is 16.5. The third-order valence-corrected chi connectivity index (χ3v) is 5.02. The van der Waals surface area contributed by atoms with Crippen LogP contribution < -0.4 is 10.1 Å². The van der Waals surface area contributed by atoms with E-state index >= 15 is 0 Å². The van der Waals surface area contributed by atoms with Gasteiger partial charge in [-0.15, -0.1) is 0 Å². The fourth-order valence-electron chi connectivity index (χ4n) is 3.94. The van der Waals surface area contributed by atoms with E-state index in [2.05, 4.69) is 48.6 Å². The van der Waals surface area contributed by atoms with E-state index in [-0.39, 0.29) is 11.7 Å². The summed E-state index contributed by atoms with van der Waals surface area (Å²) in [6.07, 6.45) is 3.22. The summed E-state index contributed by atoms with van der Waals surface area (Å²) in [5.74, 6) is 1.02. The molecule has 116 valence electrons. The van der Waals surface area contributed by atoms with Gasteiger partial charge in [0.05, 0.1) is 6.10 Å². The van der Waals surface area contributed by atoms with Crippen LogP contribution in [-0.4, -0.2) is 25.3 Å². The Bertz CT molecular complexity index is 676. The quantitative estimate of drug-likeness (QED) is 0.914. The van der Waals surface area contributed by atoms with E-state index in [1.165, 1.54) is 16.3 Å². The molecule has 0 amide bonds. The molecular formula is C19H23NO2. The van der Waals surface area contributed by atoms with Crippen LogP contribution in [0.1, 0.15) is 37.9 Å². The van der Waals surface area contributed by atoms with Crippen molar-refractivity contribution >= 4 is 10.8 Å². The van der Waals surface area contributed by atoms with Crippen LogP contribution in [0.15, 0.2) is 36.4 Å². The minimum Gasteiger partial charge on any atom is -0.487 e. The first-order valence-electron chi connectivity index (χ1n) is 8.34. The average molecular weight is 297 g/mol. The first-order chi connectivity index (χ1) is 10.8. The van der Waals surface area contributed by atoms with Crippen molar-refractivity contribution in [1.82, 2.24) is 5.32 Å². The summed E-state index contributed by atoms with van der Waals surface area (Å²) < 4.78 is 12.7. The SMILES string of the molecule is CCOC1CC2(CCNCC2)Oc2ccc3ccccc3c21. The summed E-state index contributed by atoms with van der Waals surface area (Å²) in [4.78, 5) is 0. The van der Waals surface area contributed by atoms with E-state index in [1.807, 2.05) is 0 Å². The maximum atomic E-state index is 6.53. The van der Waals surface area contributed by atoms with Gasteiger partial charge in [0.25, 0.3) is 0 Å². The van der Waals surface area contributed by atoms with Crippen molar-refractivity contribution in [3.05, 3.63) is 42.0 Å². The lowest BCUT2D eigenvalue weighted by Gasteiger charge is -2.44. The van der Waals surface area contributed by atoms with Crippen LogP contribution in [0.4, 0.5) is 0 Å². The molecule has 0 bridgehead atoms. The largest absolute Gasteiger partial charge is 0.487 e. The second kappa shape index (κ2) is 5.56. The standard InChI is InChI=1S/C19H23NO2/c1-2-21-17-13-19(9-11-20-12-10-19)22-16-8-7-14-5-3-4-6-15(14)18(16)17/h3-8,17,20H,2,9-13H2,1H3. The molecule has 2 aromatic rings. The third kappa shape index (κ3) is 2.29. The smallest absolute Gasteiger partial charge is 0.126 e. The molecule has 3 nitrogen and oxygen atoms in total. The monoisotopic (exact) mass is 297 g/mol. The highest BCUT2D eigenvalue weighted by Crippen LogP contribution is 2.47. The summed E-state index contributed by atoms with van der Waals surface area (Å²) in [5, 5.41) is 5.96. The predicted octanol–water partition coefficient (Wildman–Crippen LogP) is 3.82. The predicted molar refractivity (Wildman–Crippen MR) is 88.4 cm³/mol. The van der Waals surface area contributed by atoms with Crippen LogP contribution in [0.5, 0.6) is 5.75 Å². The van der Waals surface area contributed by atoms with Crippen LogP contribution >= 0.6 is 0 Å². The molecular weight excluding hydrogens is 274 g/mol. The summed E-state index contributed by atoms with van der Waals surface area (Å²) >= 11 is 0. The molecule has 2 heterocycles. The Morgan fingerprint density at radius 1 is 1.18 bits per heavy atom. The van der Waals surface area contributed by atoms with Crippen LogP contribution in [0, 0.1) is 0 Å². The zero-order valence-electron chi connectivity index (χ0n) is 13.1. The Morgan fingerprint density at radius 3 is 2.82 bits per heavy atom. The van der Waals surface area contributed by atoms with Gasteiger partial charge in [0.2, 0.25) is 0 Å². The lowest BCUT2D eigenvalue weighted by molar-refractivity contribution is -0.0580. The lowest BCUT2D eigenvalue weighted by Crippen LogP contribution is -2.49. The molecule has 2 aliphatic rings. The Morgan fingerprint density at radius 2 is 2.00 bits per heavy atom. The van der Waals surface area contributed by atoms with Gasteiger partial charge in [0, 0.05) is 18.6 Å². The van der Waals surface area contributed by atoms with E-state index < -0.39 is 0 Å². The molecule has 1 N–H and O–H groups in total. The van der Waals surface area contributed by atoms with Gasteiger partial charge in [-0.1, -0.05) is 30.3 Å². The maximum absolute atomic E-state index is 6.53. The summed E-state index contributed by atoms with van der Waals surface area (Å²) in [5.41, 5.74) is 1.18. The van der Waals surface area contributed by atoms with Crippen LogP contribution in [0.3, 0.4) is 0 Å². The van der Waals surface area contributed by atoms with Crippen LogP contribution in [-0.2, 0) is 4.74 Å². The summed E-state index contributed by atoms with van der Waals surface area (Å²) in [6, 6.07) is 12.8. The van der Waals surface area contributed by atoms with Gasteiger partial charge < -0.3 is 14.8 Å². The fourth-order valence-corrected chi connectivity index (χ4v) is 3.94. The number of piperidine rings is 1. The van der Waals surface area contributed by atoms with E-state index in [4.69, 9.17) is 9.47 Å². The summed E-state index contributed by atoms with van der Waals surface area (Å²) in [6.45, 7) is 4.88. The van der Waals surface area contributed by atoms with Gasteiger partial charge in [0.15, 0.2) is 0 Å². The number of rotatable bonds is 2. The molecule has 4 rings (SSSR count). The van der Waals surface area contributed by atoms with Gasteiger partial charge in [-0.25, -0.2) is 0 Å². The highest BCUT2D eigenvalue weighted by Gasteiger charge is 2.42. The van der Waals surface area contributed by atoms with Gasteiger partial charge >= 0.3 is 0 Å². The minimum absolute atomic E-state index is 0.0550. The Labute approximate surface area is 131 Å². The Balaban J connectivity index is 1.83. The van der Waals surface area contributed by atoms with Crippen molar-refractivity contribution in [2.45, 2.75) is 37.9 Å². The van der Waals surface area contributed by atoms with E-state index in [9.17, 15) is 0 Å². The Hall–Kier alpha value is -1.58. The second-order valence-electron chi connectivity index (χ2n) is 6.38. The minimum atomic E-state index is -0.0550. The molecule has 22 heavy (non-hydrogen) atoms. The number of hydrogen-bond acceptors (Lipinski definition) is 3. The highest BCUT2D eigenvalue weighted by molar-refractivity contribution is 5.88. The molecule has 2 aromatic carbocycles. The third-order valence-electron chi connectivity index (χ3n) is 5.02. The number of nitrogens with one attached hydrogen (secondary N) is 1. The Kier molecular flexibility index (Phi) is 3.55. The second-order valence-corrected chi connectivity index (χ2v) is 6.38. The normalized spacial score (nSPS) is 23.2. The van der Waals surface area contributed by atoms with E-state index in [1.54, 1.807) is 0 Å². The topological polar surface area (TPSA) is 30.5 Å². The average Bonchev–Trinajstić information content (AvgIpc) is 2.55. The van der Waals surface area contributed by atoms with Crippen molar-refractivity contribution in [3.8, 4) is 5.75 Å². The molecule has 1 fully saturated rings. The molecule has 0 aromatic heterocycles. The van der Waals surface area contributed by atoms with Gasteiger partial charge in [-0.05, 0) is 49.7 Å². The first kappa shape index (κ1) is 14.0. The van der Waals surface area contributed by atoms with Crippen molar-refractivity contribution in [1.29, 1.82) is 0 Å². The fraction of sp³-hybridized carbons (Fsp3) is 0.474. The number of benzene rings is 2. The molecule has 2 aliphatic heterocycles. The maximum Gasteiger partial charge on any atom is 0.126 e. The molecule has 1 saturated heterocycles. The molecule has 0 radical (unpaired) electrons. The number of hydrogen-bond donors (Lipinski definition) is 1. The van der Waals surface area contributed by atoms with Gasteiger partial charge in [-0.2, -0.15) is 0 Å². The van der Waals surface area contributed by atoms with Crippen molar-refractivity contribution in [2.24, 2.45) is 0 Å². The molecule has 3 heteroatoms. The van der Waals surface area contributed by atoms with Crippen molar-refractivity contribution in [3.63, 3.8) is 0 Å². The number of fused-ring (bicyclic) bond motifs is 3. The van der Waals surface area contributed by atoms with E-state index in [0.717, 1.165) is 44.7 Å². The van der Waals surface area contributed by atoms with Gasteiger partial charge in [-0.3, -0.25) is 0 Å². The summed E-state index contributed by atoms with van der Waals surface area (Å²) in [7, 11) is 0. The van der Waals surface area contributed by atoms with Crippen molar-refractivity contribution < 1.29 is 9.47 Å². The number of ether oxygens (including phenoxy) is 2. The molecule has 1 atom stereocenters.